The van der Waals surface area contributed by atoms with Gasteiger partial charge in [0.15, 0.2) is 11.6 Å². The summed E-state index contributed by atoms with van der Waals surface area (Å²) >= 11 is 0. The summed E-state index contributed by atoms with van der Waals surface area (Å²) in [6.07, 6.45) is 4.36. The van der Waals surface area contributed by atoms with Gasteiger partial charge >= 0.3 is 0 Å². The molecule has 0 radical (unpaired) electrons. The molecule has 1 spiro atoms. The minimum atomic E-state index is -2.40. The van der Waals surface area contributed by atoms with Crippen LogP contribution in [0.25, 0.3) is 5.69 Å². The molecular formula is C29H31F3N8O3. The summed E-state index contributed by atoms with van der Waals surface area (Å²) in [5.74, 6) is -1.19. The Morgan fingerprint density at radius 3 is 2.74 bits per heavy atom. The molecule has 0 atom stereocenters. The molecule has 0 unspecified atom stereocenters. The highest BCUT2D eigenvalue weighted by atomic mass is 19.3. The lowest BCUT2D eigenvalue weighted by atomic mass is 9.91. The zero-order valence-corrected chi connectivity index (χ0v) is 23.7. The molecule has 2 N–H and O–H groups in total. The third-order valence-electron chi connectivity index (χ3n) is 7.96. The highest BCUT2D eigenvalue weighted by Crippen LogP contribution is 2.51. The summed E-state index contributed by atoms with van der Waals surface area (Å²) in [5.41, 5.74) is 4.00. The van der Waals surface area contributed by atoms with Crippen LogP contribution in [0.1, 0.15) is 57.0 Å². The Morgan fingerprint density at radius 2 is 2.07 bits per heavy atom. The molecule has 14 heteroatoms. The van der Waals surface area contributed by atoms with Crippen LogP contribution in [-0.2, 0) is 31.7 Å². The lowest BCUT2D eigenvalue weighted by molar-refractivity contribution is 0.0742. The van der Waals surface area contributed by atoms with E-state index in [0.717, 1.165) is 29.7 Å². The number of rotatable bonds is 10. The summed E-state index contributed by atoms with van der Waals surface area (Å²) in [7, 11) is 1.35. The van der Waals surface area contributed by atoms with Gasteiger partial charge in [0, 0.05) is 43.0 Å². The number of fused-ring (bicyclic) bond motifs is 2. The monoisotopic (exact) mass is 596 g/mol. The standard InChI is InChI=1S/C29H31F3N8O3/c1-17-10-40(37-35-17)23-3-4-24(43-2)26(32)20(23)9-34-28(42)21-13-39(36-22(21)15-41)11-18-7-19-12-38(14-25(30)31)16-29(5-6-29)27(19)33-8-18/h3-4,7-8,10,13,25,41H,5-6,9,11-12,14-16H2,1-2H3,(H,34,42). The van der Waals surface area contributed by atoms with Gasteiger partial charge in [-0.3, -0.25) is 19.4 Å². The first-order valence-corrected chi connectivity index (χ1v) is 13.9. The first-order valence-electron chi connectivity index (χ1n) is 13.9. The molecule has 1 amide bonds. The minimum Gasteiger partial charge on any atom is -0.494 e. The molecule has 43 heavy (non-hydrogen) atoms. The van der Waals surface area contributed by atoms with Crippen molar-refractivity contribution in [2.24, 2.45) is 0 Å². The number of carbonyl (C=O) groups is 1. The third-order valence-corrected chi connectivity index (χ3v) is 7.96. The molecule has 1 aliphatic heterocycles. The normalized spacial score (nSPS) is 15.6. The maximum absolute atomic E-state index is 15.3. The zero-order valence-electron chi connectivity index (χ0n) is 23.7. The topological polar surface area (TPSA) is 123 Å². The number of methoxy groups -OCH3 is 1. The van der Waals surface area contributed by atoms with E-state index in [0.29, 0.717) is 24.5 Å². The van der Waals surface area contributed by atoms with Crippen LogP contribution in [0.15, 0.2) is 36.8 Å². The molecule has 0 saturated heterocycles. The minimum absolute atomic E-state index is 0.0114. The second kappa shape index (κ2) is 11.4. The van der Waals surface area contributed by atoms with Crippen molar-refractivity contribution in [3.05, 3.63) is 81.9 Å². The summed E-state index contributed by atoms with van der Waals surface area (Å²) < 4.78 is 49.6. The number of carbonyl (C=O) groups excluding carboxylic acids is 1. The van der Waals surface area contributed by atoms with E-state index in [1.807, 2.05) is 6.07 Å². The number of pyridine rings is 1. The molecule has 2 aliphatic rings. The lowest BCUT2D eigenvalue weighted by Crippen LogP contribution is -2.41. The fourth-order valence-corrected chi connectivity index (χ4v) is 5.81. The van der Waals surface area contributed by atoms with Crippen LogP contribution in [0.2, 0.25) is 0 Å². The number of benzene rings is 1. The summed E-state index contributed by atoms with van der Waals surface area (Å²) in [5, 5.41) is 25.0. The van der Waals surface area contributed by atoms with Crippen molar-refractivity contribution in [2.45, 2.75) is 57.8 Å². The molecule has 1 aromatic carbocycles. The van der Waals surface area contributed by atoms with E-state index in [1.54, 1.807) is 30.3 Å². The van der Waals surface area contributed by atoms with Gasteiger partial charge in [0.05, 0.1) is 55.6 Å². The number of nitrogens with zero attached hydrogens (tertiary/aromatic N) is 7. The molecule has 11 nitrogen and oxygen atoms in total. The van der Waals surface area contributed by atoms with E-state index in [4.69, 9.17) is 9.72 Å². The molecular weight excluding hydrogens is 565 g/mol. The average Bonchev–Trinajstić information content (AvgIpc) is 3.39. The largest absolute Gasteiger partial charge is 0.494 e. The van der Waals surface area contributed by atoms with Crippen molar-refractivity contribution in [3.63, 3.8) is 0 Å². The van der Waals surface area contributed by atoms with Crippen molar-refractivity contribution < 1.29 is 27.8 Å². The number of aliphatic hydroxyl groups is 1. The quantitative estimate of drug-likeness (QED) is 0.287. The van der Waals surface area contributed by atoms with Gasteiger partial charge in [0.25, 0.3) is 12.3 Å². The first kappa shape index (κ1) is 28.8. The molecule has 4 heterocycles. The van der Waals surface area contributed by atoms with E-state index in [2.05, 4.69) is 20.7 Å². The maximum atomic E-state index is 15.3. The van der Waals surface area contributed by atoms with Gasteiger partial charge in [-0.25, -0.2) is 17.9 Å². The van der Waals surface area contributed by atoms with Crippen LogP contribution in [0.5, 0.6) is 5.75 Å². The number of aliphatic hydroxyl groups excluding tert-OH is 1. The molecule has 0 bridgehead atoms. The number of ether oxygens (including phenoxy) is 1. The van der Waals surface area contributed by atoms with E-state index in [-0.39, 0.29) is 47.6 Å². The number of amides is 1. The average molecular weight is 597 g/mol. The van der Waals surface area contributed by atoms with Crippen LogP contribution < -0.4 is 10.1 Å². The number of alkyl halides is 2. The van der Waals surface area contributed by atoms with Gasteiger partial charge < -0.3 is 15.2 Å². The van der Waals surface area contributed by atoms with Gasteiger partial charge in [-0.05, 0) is 49.1 Å². The Morgan fingerprint density at radius 1 is 1.26 bits per heavy atom. The van der Waals surface area contributed by atoms with Crippen molar-refractivity contribution in [1.29, 1.82) is 0 Å². The molecule has 1 saturated carbocycles. The Hall–Kier alpha value is -4.30. The molecule has 226 valence electrons. The fraction of sp³-hybridized carbons (Fsp3) is 0.414. The van der Waals surface area contributed by atoms with Crippen LogP contribution in [0.4, 0.5) is 13.2 Å². The Bertz CT molecular complexity index is 1670. The van der Waals surface area contributed by atoms with Gasteiger partial charge in [0.1, 0.15) is 5.69 Å². The SMILES string of the molecule is COc1ccc(-n2cc(C)nn2)c(CNC(=O)c2cn(Cc3cnc4c(c3)CN(CC(F)F)CC43CC3)nc2CO)c1F. The van der Waals surface area contributed by atoms with Gasteiger partial charge in [-0.2, -0.15) is 5.10 Å². The molecule has 6 rings (SSSR count). The number of aromatic nitrogens is 6. The van der Waals surface area contributed by atoms with Crippen molar-refractivity contribution in [2.75, 3.05) is 20.2 Å². The predicted octanol–water partition coefficient (Wildman–Crippen LogP) is 2.90. The van der Waals surface area contributed by atoms with Gasteiger partial charge in [0.2, 0.25) is 0 Å². The highest BCUT2D eigenvalue weighted by Gasteiger charge is 2.50. The van der Waals surface area contributed by atoms with E-state index >= 15 is 4.39 Å². The number of aryl methyl sites for hydroxylation is 1. The van der Waals surface area contributed by atoms with Gasteiger partial charge in [-0.1, -0.05) is 5.21 Å². The van der Waals surface area contributed by atoms with E-state index in [9.17, 15) is 18.7 Å². The second-order valence-corrected chi connectivity index (χ2v) is 11.1. The first-order chi connectivity index (χ1) is 20.7. The van der Waals surface area contributed by atoms with Crippen molar-refractivity contribution in [1.82, 2.24) is 40.0 Å². The third kappa shape index (κ3) is 5.71. The summed E-state index contributed by atoms with van der Waals surface area (Å²) in [6, 6.07) is 5.05. The smallest absolute Gasteiger partial charge is 0.255 e. The summed E-state index contributed by atoms with van der Waals surface area (Å²) in [6.45, 7) is 2.04. The van der Waals surface area contributed by atoms with Crippen LogP contribution >= 0.6 is 0 Å². The summed E-state index contributed by atoms with van der Waals surface area (Å²) in [4.78, 5) is 19.7. The van der Waals surface area contributed by atoms with E-state index in [1.165, 1.54) is 28.7 Å². The maximum Gasteiger partial charge on any atom is 0.255 e. The molecule has 1 fully saturated rings. The number of halogens is 3. The Balaban J connectivity index is 1.20. The van der Waals surface area contributed by atoms with Crippen LogP contribution in [-0.4, -0.2) is 72.3 Å². The van der Waals surface area contributed by atoms with Crippen LogP contribution in [0, 0.1) is 12.7 Å². The Labute approximate surface area is 245 Å². The van der Waals surface area contributed by atoms with Crippen molar-refractivity contribution in [3.8, 4) is 11.4 Å². The van der Waals surface area contributed by atoms with Crippen LogP contribution in [0.3, 0.4) is 0 Å². The van der Waals surface area contributed by atoms with Crippen molar-refractivity contribution >= 4 is 5.91 Å². The molecule has 3 aromatic heterocycles. The predicted molar refractivity (Wildman–Crippen MR) is 147 cm³/mol. The van der Waals surface area contributed by atoms with Gasteiger partial charge in [-0.15, -0.1) is 5.10 Å². The lowest BCUT2D eigenvalue weighted by Gasteiger charge is -2.34. The molecule has 4 aromatic rings. The fourth-order valence-electron chi connectivity index (χ4n) is 5.81. The highest BCUT2D eigenvalue weighted by molar-refractivity contribution is 5.95. The number of hydrogen-bond acceptors (Lipinski definition) is 8. The number of hydrogen-bond donors (Lipinski definition) is 2. The number of nitrogens with one attached hydrogen (secondary N) is 1. The second-order valence-electron chi connectivity index (χ2n) is 11.1. The Kier molecular flexibility index (Phi) is 7.65. The zero-order chi connectivity index (χ0) is 30.3. The molecule has 1 aliphatic carbocycles. The van der Waals surface area contributed by atoms with E-state index < -0.39 is 24.8 Å².